The Morgan fingerprint density at radius 1 is 1.26 bits per heavy atom. The summed E-state index contributed by atoms with van der Waals surface area (Å²) in [6.07, 6.45) is 1.23. The molecule has 0 spiro atoms. The van der Waals surface area contributed by atoms with E-state index in [9.17, 15) is 24.4 Å². The summed E-state index contributed by atoms with van der Waals surface area (Å²) in [7, 11) is 1.58. The minimum Gasteiger partial charge on any atom is -0.444 e. The van der Waals surface area contributed by atoms with E-state index in [1.165, 1.54) is 4.90 Å². The predicted molar refractivity (Wildman–Crippen MR) is 142 cm³/mol. The zero-order chi connectivity index (χ0) is 28.5. The number of likely N-dealkylation sites (tertiary alicyclic amines) is 3. The molecule has 210 valence electrons. The Kier molecular flexibility index (Phi) is 8.16. The smallest absolute Gasteiger partial charge is 0.408 e. The molecule has 3 saturated heterocycles. The second kappa shape index (κ2) is 11.2. The zero-order valence-corrected chi connectivity index (χ0v) is 23.3. The van der Waals surface area contributed by atoms with Crippen LogP contribution in [0.5, 0.6) is 0 Å². The van der Waals surface area contributed by atoms with Crippen molar-refractivity contribution in [2.45, 2.75) is 82.8 Å². The molecule has 11 heteroatoms. The van der Waals surface area contributed by atoms with Gasteiger partial charge in [0.25, 0.3) is 5.91 Å². The summed E-state index contributed by atoms with van der Waals surface area (Å²) in [5.74, 6) is -0.561. The molecule has 1 aromatic rings. The van der Waals surface area contributed by atoms with Gasteiger partial charge in [0.05, 0.1) is 18.2 Å². The van der Waals surface area contributed by atoms with E-state index in [1.807, 2.05) is 34.9 Å². The third-order valence-electron chi connectivity index (χ3n) is 7.68. The molecule has 39 heavy (non-hydrogen) atoms. The molecule has 3 aliphatic rings. The van der Waals surface area contributed by atoms with Gasteiger partial charge in [-0.2, -0.15) is 5.26 Å². The molecule has 0 saturated carbocycles. The number of nitriles is 1. The van der Waals surface area contributed by atoms with Crippen molar-refractivity contribution in [2.24, 2.45) is 0 Å². The first kappa shape index (κ1) is 28.4. The number of carbonyl (C=O) groups is 4. The largest absolute Gasteiger partial charge is 0.444 e. The van der Waals surface area contributed by atoms with Crippen LogP contribution >= 0.6 is 0 Å². The van der Waals surface area contributed by atoms with Crippen LogP contribution in [0.15, 0.2) is 24.3 Å². The number of carbonyl (C=O) groups excluding carboxylic acids is 4. The van der Waals surface area contributed by atoms with Gasteiger partial charge in [0.1, 0.15) is 17.7 Å². The number of nitrogens with zero attached hydrogens (tertiary/aromatic N) is 4. The Balaban J connectivity index is 1.48. The van der Waals surface area contributed by atoms with Crippen molar-refractivity contribution in [2.75, 3.05) is 26.7 Å². The molecular weight excluding hydrogens is 500 g/mol. The minimum atomic E-state index is -0.948. The third-order valence-corrected chi connectivity index (χ3v) is 7.68. The van der Waals surface area contributed by atoms with Crippen molar-refractivity contribution in [3.63, 3.8) is 0 Å². The van der Waals surface area contributed by atoms with Crippen molar-refractivity contribution in [1.29, 1.82) is 5.26 Å². The van der Waals surface area contributed by atoms with Gasteiger partial charge in [-0.25, -0.2) is 4.79 Å². The molecule has 3 unspecified atom stereocenters. The summed E-state index contributed by atoms with van der Waals surface area (Å²) in [6, 6.07) is 7.27. The van der Waals surface area contributed by atoms with E-state index in [-0.39, 0.29) is 36.3 Å². The number of hydrogen-bond acceptors (Lipinski definition) is 7. The van der Waals surface area contributed by atoms with Gasteiger partial charge in [0.2, 0.25) is 11.8 Å². The number of hydrogen-bond donors (Lipinski definition) is 2. The minimum absolute atomic E-state index is 0.0383. The van der Waals surface area contributed by atoms with Crippen molar-refractivity contribution >= 4 is 23.8 Å². The number of alkyl carbamates (subject to hydrolysis) is 1. The molecule has 3 fully saturated rings. The fourth-order valence-corrected chi connectivity index (χ4v) is 5.88. The molecule has 4 rings (SSSR count). The van der Waals surface area contributed by atoms with Gasteiger partial charge in [0.15, 0.2) is 0 Å². The molecule has 3 aliphatic heterocycles. The number of ether oxygens (including phenoxy) is 1. The van der Waals surface area contributed by atoms with Crippen molar-refractivity contribution < 1.29 is 23.9 Å². The second-order valence-electron chi connectivity index (χ2n) is 11.5. The fourth-order valence-electron chi connectivity index (χ4n) is 5.88. The van der Waals surface area contributed by atoms with Crippen LogP contribution in [0.3, 0.4) is 0 Å². The number of fused-ring (bicyclic) bond motifs is 2. The lowest BCUT2D eigenvalue weighted by Gasteiger charge is -2.39. The lowest BCUT2D eigenvalue weighted by molar-refractivity contribution is -0.141. The van der Waals surface area contributed by atoms with Crippen LogP contribution in [-0.4, -0.2) is 95.0 Å². The Hall–Kier alpha value is -3.65. The highest BCUT2D eigenvalue weighted by Gasteiger charge is 2.52. The number of amides is 4. The third kappa shape index (κ3) is 6.01. The van der Waals surface area contributed by atoms with E-state index < -0.39 is 29.8 Å². The molecular formula is C28H38N6O5. The van der Waals surface area contributed by atoms with Crippen LogP contribution in [-0.2, 0) is 14.3 Å². The van der Waals surface area contributed by atoms with Gasteiger partial charge < -0.3 is 25.2 Å². The summed E-state index contributed by atoms with van der Waals surface area (Å²) in [5.41, 5.74) is 0.668. The Bertz CT molecular complexity index is 1170. The summed E-state index contributed by atoms with van der Waals surface area (Å²) >= 11 is 0. The maximum Gasteiger partial charge on any atom is 0.408 e. The van der Waals surface area contributed by atoms with Gasteiger partial charge >= 0.3 is 6.09 Å². The lowest BCUT2D eigenvalue weighted by atomic mass is 10.0. The molecule has 3 heterocycles. The SMILES string of the molecule is CNC(=O)c1cccc([C@H](C)N2C(=O)C3C[C@H]2CN3CC(NC(=O)OC(C)(C)C)C(=O)N2CCCC2C#N)c1. The first-order valence-corrected chi connectivity index (χ1v) is 13.5. The van der Waals surface area contributed by atoms with Crippen molar-refractivity contribution in [1.82, 2.24) is 25.3 Å². The van der Waals surface area contributed by atoms with Crippen LogP contribution in [0.2, 0.25) is 0 Å². The standard InChI is InChI=1S/C28H38N6O5/c1-17(18-8-6-9-19(12-18)24(35)30-5)34-21-13-23(26(34)37)32(15-21)16-22(31-27(38)39-28(2,3)4)25(36)33-11-7-10-20(33)14-29/h6,8-9,12,17,20-23H,7,10-11,13,15-16H2,1-5H3,(H,30,35)(H,31,38)/t17-,20?,21-,22?,23?/m0/s1. The highest BCUT2D eigenvalue weighted by atomic mass is 16.6. The Labute approximate surface area is 229 Å². The molecule has 0 radical (unpaired) electrons. The normalized spacial score (nSPS) is 24.3. The van der Waals surface area contributed by atoms with Crippen LogP contribution in [0.25, 0.3) is 0 Å². The number of benzene rings is 1. The number of nitrogens with one attached hydrogen (secondary N) is 2. The molecule has 4 amide bonds. The summed E-state index contributed by atoms with van der Waals surface area (Å²) < 4.78 is 5.41. The Morgan fingerprint density at radius 2 is 2.00 bits per heavy atom. The van der Waals surface area contributed by atoms with E-state index in [2.05, 4.69) is 16.7 Å². The van der Waals surface area contributed by atoms with E-state index >= 15 is 0 Å². The maximum absolute atomic E-state index is 13.5. The van der Waals surface area contributed by atoms with E-state index in [0.717, 1.165) is 12.0 Å². The molecule has 0 aliphatic carbocycles. The first-order chi connectivity index (χ1) is 18.4. The molecule has 11 nitrogen and oxygen atoms in total. The molecule has 5 atom stereocenters. The van der Waals surface area contributed by atoms with Crippen LogP contribution in [0.4, 0.5) is 4.79 Å². The van der Waals surface area contributed by atoms with Gasteiger partial charge in [0, 0.05) is 38.3 Å². The highest BCUT2D eigenvalue weighted by molar-refractivity contribution is 5.94. The summed E-state index contributed by atoms with van der Waals surface area (Å²) in [4.78, 5) is 57.1. The zero-order valence-electron chi connectivity index (χ0n) is 23.3. The average molecular weight is 539 g/mol. The van der Waals surface area contributed by atoms with Gasteiger partial charge in [-0.1, -0.05) is 12.1 Å². The van der Waals surface area contributed by atoms with Crippen LogP contribution in [0, 0.1) is 11.3 Å². The number of rotatable bonds is 7. The molecule has 2 N–H and O–H groups in total. The van der Waals surface area contributed by atoms with Crippen LogP contribution < -0.4 is 10.6 Å². The van der Waals surface area contributed by atoms with E-state index in [4.69, 9.17) is 4.74 Å². The monoisotopic (exact) mass is 538 g/mol. The Morgan fingerprint density at radius 3 is 2.64 bits per heavy atom. The average Bonchev–Trinajstić information content (AvgIpc) is 3.60. The van der Waals surface area contributed by atoms with Crippen molar-refractivity contribution in [3.05, 3.63) is 35.4 Å². The topological polar surface area (TPSA) is 135 Å². The van der Waals surface area contributed by atoms with Gasteiger partial charge in [-0.3, -0.25) is 19.3 Å². The van der Waals surface area contributed by atoms with E-state index in [0.29, 0.717) is 31.5 Å². The summed E-state index contributed by atoms with van der Waals surface area (Å²) in [5, 5.41) is 14.8. The lowest BCUT2D eigenvalue weighted by Crippen LogP contribution is -2.59. The highest BCUT2D eigenvalue weighted by Crippen LogP contribution is 2.38. The van der Waals surface area contributed by atoms with Crippen molar-refractivity contribution in [3.8, 4) is 6.07 Å². The fraction of sp³-hybridized carbons (Fsp3) is 0.607. The van der Waals surface area contributed by atoms with Gasteiger partial charge in [-0.15, -0.1) is 0 Å². The van der Waals surface area contributed by atoms with Gasteiger partial charge in [-0.05, 0) is 64.7 Å². The predicted octanol–water partition coefficient (Wildman–Crippen LogP) is 1.80. The maximum atomic E-state index is 13.5. The molecule has 2 bridgehead atoms. The van der Waals surface area contributed by atoms with Crippen LogP contribution in [0.1, 0.15) is 68.9 Å². The quantitative estimate of drug-likeness (QED) is 0.540. The van der Waals surface area contributed by atoms with E-state index in [1.54, 1.807) is 33.9 Å². The second-order valence-corrected chi connectivity index (χ2v) is 11.5. The molecule has 1 aromatic carbocycles. The summed E-state index contributed by atoms with van der Waals surface area (Å²) in [6.45, 7) is 8.34. The number of piperazine rings is 1. The first-order valence-electron chi connectivity index (χ1n) is 13.5. The molecule has 0 aromatic heterocycles.